The number of anilines is 1. The quantitative estimate of drug-likeness (QED) is 0.884. The maximum Gasteiger partial charge on any atom is 0.203 e. The molecule has 0 aliphatic rings. The molecule has 2 aromatic rings. The minimum Gasteiger partial charge on any atom is -0.383 e. The highest BCUT2D eigenvalue weighted by atomic mass is 79.9. The third-order valence-corrected chi connectivity index (χ3v) is 4.07. The smallest absolute Gasteiger partial charge is 0.203 e. The summed E-state index contributed by atoms with van der Waals surface area (Å²) in [5.74, 6) is 0.879. The zero-order valence-electron chi connectivity index (χ0n) is 10.4. The van der Waals surface area contributed by atoms with Crippen molar-refractivity contribution in [1.82, 2.24) is 9.55 Å². The van der Waals surface area contributed by atoms with Crippen LogP contribution in [0.2, 0.25) is 0 Å². The van der Waals surface area contributed by atoms with Crippen LogP contribution in [-0.2, 0) is 11.3 Å². The van der Waals surface area contributed by atoms with Gasteiger partial charge in [0.1, 0.15) is 0 Å². The fraction of sp³-hybridized carbons (Fsp3) is 0.417. The van der Waals surface area contributed by atoms with Gasteiger partial charge in [-0.15, -0.1) is 11.3 Å². The molecule has 18 heavy (non-hydrogen) atoms. The second kappa shape index (κ2) is 6.36. The van der Waals surface area contributed by atoms with Crippen LogP contribution in [-0.4, -0.2) is 29.3 Å². The van der Waals surface area contributed by atoms with E-state index >= 15 is 0 Å². The summed E-state index contributed by atoms with van der Waals surface area (Å²) in [5.41, 5.74) is 0. The van der Waals surface area contributed by atoms with E-state index in [2.05, 4.69) is 49.9 Å². The molecule has 0 saturated heterocycles. The second-order valence-corrected chi connectivity index (χ2v) is 6.63. The molecule has 0 aliphatic heterocycles. The van der Waals surface area contributed by atoms with Gasteiger partial charge in [0.15, 0.2) is 0 Å². The number of aromatic nitrogens is 2. The van der Waals surface area contributed by atoms with Crippen molar-refractivity contribution >= 4 is 33.2 Å². The van der Waals surface area contributed by atoms with Crippen LogP contribution in [0.15, 0.2) is 28.3 Å². The van der Waals surface area contributed by atoms with Gasteiger partial charge in [0.2, 0.25) is 5.95 Å². The summed E-state index contributed by atoms with van der Waals surface area (Å²) < 4.78 is 8.36. The molecule has 0 radical (unpaired) electrons. The molecule has 98 valence electrons. The standard InChI is InChI=1S/C12H16BrN3OS/c1-9(8-17-2)15-12-14-5-6-16(12)7-10-3-4-11(13)18-10/h3-6,9H,7-8H2,1-2H3,(H,14,15). The monoisotopic (exact) mass is 329 g/mol. The Balaban J connectivity index is 2.03. The van der Waals surface area contributed by atoms with Gasteiger partial charge in [-0.1, -0.05) is 0 Å². The fourth-order valence-corrected chi connectivity index (χ4v) is 3.18. The number of rotatable bonds is 6. The SMILES string of the molecule is COCC(C)Nc1nccn1Cc1ccc(Br)s1. The summed E-state index contributed by atoms with van der Waals surface area (Å²) in [6, 6.07) is 4.43. The first kappa shape index (κ1) is 13.6. The van der Waals surface area contributed by atoms with Crippen molar-refractivity contribution < 1.29 is 4.74 Å². The molecule has 0 aromatic carbocycles. The molecule has 4 nitrogen and oxygen atoms in total. The lowest BCUT2D eigenvalue weighted by molar-refractivity contribution is 0.190. The van der Waals surface area contributed by atoms with E-state index < -0.39 is 0 Å². The Morgan fingerprint density at radius 1 is 1.56 bits per heavy atom. The molecule has 2 heterocycles. The van der Waals surface area contributed by atoms with Gasteiger partial charge in [0, 0.05) is 30.4 Å². The third-order valence-electron chi connectivity index (χ3n) is 2.46. The number of nitrogens with one attached hydrogen (secondary N) is 1. The number of hydrogen-bond acceptors (Lipinski definition) is 4. The number of hydrogen-bond donors (Lipinski definition) is 1. The fourth-order valence-electron chi connectivity index (χ4n) is 1.69. The average Bonchev–Trinajstić information content (AvgIpc) is 2.90. The van der Waals surface area contributed by atoms with Crippen LogP contribution in [0.1, 0.15) is 11.8 Å². The average molecular weight is 330 g/mol. The first-order valence-electron chi connectivity index (χ1n) is 5.70. The molecule has 1 unspecified atom stereocenters. The maximum absolute atomic E-state index is 5.11. The zero-order chi connectivity index (χ0) is 13.0. The molecule has 2 rings (SSSR count). The molecule has 0 fully saturated rings. The van der Waals surface area contributed by atoms with Crippen molar-refractivity contribution in [3.8, 4) is 0 Å². The predicted molar refractivity (Wildman–Crippen MR) is 78.3 cm³/mol. The van der Waals surface area contributed by atoms with Crippen LogP contribution in [0, 0.1) is 0 Å². The van der Waals surface area contributed by atoms with E-state index in [1.54, 1.807) is 18.4 Å². The van der Waals surface area contributed by atoms with E-state index in [-0.39, 0.29) is 6.04 Å². The van der Waals surface area contributed by atoms with Gasteiger partial charge in [-0.3, -0.25) is 0 Å². The van der Waals surface area contributed by atoms with Gasteiger partial charge in [0.25, 0.3) is 0 Å². The van der Waals surface area contributed by atoms with Gasteiger partial charge in [0.05, 0.1) is 16.9 Å². The number of imidazole rings is 1. The number of methoxy groups -OCH3 is 1. The molecule has 1 N–H and O–H groups in total. The molecule has 2 aromatic heterocycles. The summed E-state index contributed by atoms with van der Waals surface area (Å²) in [5, 5.41) is 3.34. The normalized spacial score (nSPS) is 12.6. The van der Waals surface area contributed by atoms with E-state index in [1.165, 1.54) is 4.88 Å². The molecule has 0 bridgehead atoms. The lowest BCUT2D eigenvalue weighted by Crippen LogP contribution is -2.23. The van der Waals surface area contributed by atoms with Crippen LogP contribution in [0.5, 0.6) is 0 Å². The minimum absolute atomic E-state index is 0.242. The summed E-state index contributed by atoms with van der Waals surface area (Å²) >= 11 is 5.22. The molecule has 0 aliphatic carbocycles. The van der Waals surface area contributed by atoms with E-state index in [0.717, 1.165) is 16.3 Å². The van der Waals surface area contributed by atoms with Gasteiger partial charge in [-0.2, -0.15) is 0 Å². The van der Waals surface area contributed by atoms with Crippen molar-refractivity contribution in [3.05, 3.63) is 33.2 Å². The summed E-state index contributed by atoms with van der Waals surface area (Å²) in [6.07, 6.45) is 3.79. The summed E-state index contributed by atoms with van der Waals surface area (Å²) in [6.45, 7) is 3.57. The van der Waals surface area contributed by atoms with Gasteiger partial charge in [-0.25, -0.2) is 4.98 Å². The largest absolute Gasteiger partial charge is 0.383 e. The van der Waals surface area contributed by atoms with Crippen LogP contribution in [0.4, 0.5) is 5.95 Å². The Labute approximate surface area is 119 Å². The molecule has 0 amide bonds. The van der Waals surface area contributed by atoms with Crippen LogP contribution >= 0.6 is 27.3 Å². The predicted octanol–water partition coefficient (Wildman–Crippen LogP) is 3.20. The zero-order valence-corrected chi connectivity index (χ0v) is 12.8. The van der Waals surface area contributed by atoms with Crippen LogP contribution in [0.25, 0.3) is 0 Å². The maximum atomic E-state index is 5.11. The molecule has 0 spiro atoms. The van der Waals surface area contributed by atoms with E-state index in [4.69, 9.17) is 4.74 Å². The Morgan fingerprint density at radius 2 is 2.39 bits per heavy atom. The number of ether oxygens (including phenoxy) is 1. The van der Waals surface area contributed by atoms with Gasteiger partial charge in [-0.05, 0) is 35.0 Å². The molecule has 6 heteroatoms. The second-order valence-electron chi connectivity index (χ2n) is 4.09. The van der Waals surface area contributed by atoms with Crippen LogP contribution in [0.3, 0.4) is 0 Å². The topological polar surface area (TPSA) is 39.1 Å². The lowest BCUT2D eigenvalue weighted by atomic mass is 10.4. The summed E-state index contributed by atoms with van der Waals surface area (Å²) in [7, 11) is 1.70. The highest BCUT2D eigenvalue weighted by molar-refractivity contribution is 9.11. The van der Waals surface area contributed by atoms with Crippen molar-refractivity contribution in [2.45, 2.75) is 19.5 Å². The Morgan fingerprint density at radius 3 is 3.06 bits per heavy atom. The molecule has 0 saturated carbocycles. The van der Waals surface area contributed by atoms with Crippen molar-refractivity contribution in [2.24, 2.45) is 0 Å². The van der Waals surface area contributed by atoms with E-state index in [9.17, 15) is 0 Å². The first-order chi connectivity index (χ1) is 8.69. The lowest BCUT2D eigenvalue weighted by Gasteiger charge is -2.14. The summed E-state index contributed by atoms with van der Waals surface area (Å²) in [4.78, 5) is 5.62. The molecular weight excluding hydrogens is 314 g/mol. The number of thiophene rings is 1. The number of nitrogens with zero attached hydrogens (tertiary/aromatic N) is 2. The highest BCUT2D eigenvalue weighted by Crippen LogP contribution is 2.23. The Hall–Kier alpha value is -0.850. The third kappa shape index (κ3) is 3.57. The minimum atomic E-state index is 0.242. The van der Waals surface area contributed by atoms with E-state index in [0.29, 0.717) is 6.61 Å². The van der Waals surface area contributed by atoms with Crippen molar-refractivity contribution in [3.63, 3.8) is 0 Å². The van der Waals surface area contributed by atoms with E-state index in [1.807, 2.05) is 12.4 Å². The Kier molecular flexibility index (Phi) is 4.79. The van der Waals surface area contributed by atoms with Gasteiger partial charge >= 0.3 is 0 Å². The molecular formula is C12H16BrN3OS. The van der Waals surface area contributed by atoms with Crippen molar-refractivity contribution in [2.75, 3.05) is 19.0 Å². The first-order valence-corrected chi connectivity index (χ1v) is 7.31. The van der Waals surface area contributed by atoms with Crippen molar-refractivity contribution in [1.29, 1.82) is 0 Å². The molecule has 1 atom stereocenters. The highest BCUT2D eigenvalue weighted by Gasteiger charge is 2.08. The van der Waals surface area contributed by atoms with Gasteiger partial charge < -0.3 is 14.6 Å². The Bertz CT molecular complexity index is 497. The number of halogens is 1. The van der Waals surface area contributed by atoms with Crippen LogP contribution < -0.4 is 5.32 Å².